The van der Waals surface area contributed by atoms with Crippen molar-refractivity contribution in [3.05, 3.63) is 0 Å². The molecule has 1 atom stereocenters. The fourth-order valence-corrected chi connectivity index (χ4v) is 1.08. The minimum atomic E-state index is 0.542. The van der Waals surface area contributed by atoms with Gasteiger partial charge >= 0.3 is 0 Å². The molecule has 1 unspecified atom stereocenters. The summed E-state index contributed by atoms with van der Waals surface area (Å²) in [6.45, 7) is 0.932. The first-order chi connectivity index (χ1) is 3.43. The Morgan fingerprint density at radius 2 is 2.86 bits per heavy atom. The lowest BCUT2D eigenvalue weighted by molar-refractivity contribution is 0.762. The molecule has 1 aliphatic rings. The monoisotopic (exact) mass is 116 g/mol. The summed E-state index contributed by atoms with van der Waals surface area (Å²) in [4.78, 5) is 4.01. The van der Waals surface area contributed by atoms with Gasteiger partial charge in [-0.1, -0.05) is 11.8 Å². The van der Waals surface area contributed by atoms with Gasteiger partial charge in [0.2, 0.25) is 0 Å². The van der Waals surface area contributed by atoms with Crippen molar-refractivity contribution < 1.29 is 0 Å². The van der Waals surface area contributed by atoms with Gasteiger partial charge in [-0.15, -0.1) is 0 Å². The van der Waals surface area contributed by atoms with Gasteiger partial charge in [-0.05, 0) is 7.05 Å². The third-order valence-corrected chi connectivity index (χ3v) is 1.88. The zero-order valence-corrected chi connectivity index (χ0v) is 5.03. The van der Waals surface area contributed by atoms with Gasteiger partial charge in [-0.2, -0.15) is 0 Å². The van der Waals surface area contributed by atoms with E-state index in [-0.39, 0.29) is 0 Å². The highest BCUT2D eigenvalue weighted by atomic mass is 32.2. The molecule has 0 aromatic carbocycles. The van der Waals surface area contributed by atoms with E-state index in [0.717, 1.165) is 6.54 Å². The van der Waals surface area contributed by atoms with Crippen LogP contribution in [0.3, 0.4) is 0 Å². The maximum atomic E-state index is 4.01. The quantitative estimate of drug-likeness (QED) is 0.533. The second-order valence-corrected chi connectivity index (χ2v) is 2.44. The summed E-state index contributed by atoms with van der Waals surface area (Å²) in [5, 5.41) is 3.64. The van der Waals surface area contributed by atoms with Gasteiger partial charge in [0, 0.05) is 0 Å². The molecule has 1 aliphatic heterocycles. The Balaban J connectivity index is 2.22. The van der Waals surface area contributed by atoms with E-state index in [9.17, 15) is 0 Å². The van der Waals surface area contributed by atoms with E-state index in [1.807, 2.05) is 12.6 Å². The second kappa shape index (κ2) is 2.33. The first kappa shape index (κ1) is 5.12. The summed E-state index contributed by atoms with van der Waals surface area (Å²) in [5.41, 5.74) is 1.89. The number of hydrogen-bond acceptors (Lipinski definition) is 3. The molecule has 1 N–H and O–H groups in total. The fraction of sp³-hybridized carbons (Fsp3) is 0.750. The Hall–Kier alpha value is -0.0200. The molecule has 3 heteroatoms. The number of rotatable bonds is 1. The van der Waals surface area contributed by atoms with Crippen LogP contribution in [0.2, 0.25) is 0 Å². The van der Waals surface area contributed by atoms with Crippen molar-refractivity contribution in [2.75, 3.05) is 13.6 Å². The predicted molar refractivity (Wildman–Crippen MR) is 33.8 cm³/mol. The van der Waals surface area contributed by atoms with Gasteiger partial charge in [0.15, 0.2) is 0 Å². The van der Waals surface area contributed by atoms with Crippen LogP contribution in [0.15, 0.2) is 4.99 Å². The zero-order chi connectivity index (χ0) is 5.11. The Kier molecular flexibility index (Phi) is 1.70. The molecule has 0 aromatic rings. The van der Waals surface area contributed by atoms with E-state index < -0.39 is 0 Å². The van der Waals surface area contributed by atoms with E-state index in [4.69, 9.17) is 0 Å². The van der Waals surface area contributed by atoms with Crippen molar-refractivity contribution in [1.82, 2.24) is 5.32 Å². The van der Waals surface area contributed by atoms with Crippen LogP contribution in [0.4, 0.5) is 0 Å². The van der Waals surface area contributed by atoms with Gasteiger partial charge in [0.05, 0.1) is 17.5 Å². The molecule has 1 heterocycles. The molecule has 40 valence electrons. The average molecular weight is 116 g/mol. The van der Waals surface area contributed by atoms with Crippen molar-refractivity contribution in [3.8, 4) is 0 Å². The van der Waals surface area contributed by atoms with Crippen LogP contribution >= 0.6 is 11.8 Å². The molecule has 1 rings (SSSR count). The molecule has 0 bridgehead atoms. The first-order valence-corrected chi connectivity index (χ1v) is 3.19. The zero-order valence-electron chi connectivity index (χ0n) is 4.22. The molecule has 0 fully saturated rings. The topological polar surface area (TPSA) is 24.4 Å². The summed E-state index contributed by atoms with van der Waals surface area (Å²) in [6, 6.07) is 0. The van der Waals surface area contributed by atoms with Crippen molar-refractivity contribution >= 4 is 17.3 Å². The summed E-state index contributed by atoms with van der Waals surface area (Å²) in [5.74, 6) is 0. The van der Waals surface area contributed by atoms with Gasteiger partial charge < -0.3 is 5.32 Å². The number of hydrogen-bond donors (Lipinski definition) is 1. The molecule has 0 spiro atoms. The second-order valence-electron chi connectivity index (χ2n) is 1.38. The van der Waals surface area contributed by atoms with Crippen LogP contribution in [-0.2, 0) is 0 Å². The molecular weight excluding hydrogens is 108 g/mol. The normalized spacial score (nSPS) is 29.0. The molecule has 0 radical (unpaired) electrons. The van der Waals surface area contributed by atoms with Crippen molar-refractivity contribution in [1.29, 1.82) is 0 Å². The Morgan fingerprint density at radius 1 is 2.00 bits per heavy atom. The standard InChI is InChI=1S/C4H8N2S/c1-5-4-2-6-3-7-4/h3-5H,2H2,1H3. The summed E-state index contributed by atoms with van der Waals surface area (Å²) in [6.07, 6.45) is 0. The smallest absolute Gasteiger partial charge is 0.0784 e. The minimum Gasteiger partial charge on any atom is -0.307 e. The predicted octanol–water partition coefficient (Wildman–Crippen LogP) is 0.307. The lowest BCUT2D eigenvalue weighted by Gasteiger charge is -2.00. The van der Waals surface area contributed by atoms with E-state index in [1.165, 1.54) is 0 Å². The largest absolute Gasteiger partial charge is 0.307 e. The first-order valence-electron chi connectivity index (χ1n) is 2.24. The van der Waals surface area contributed by atoms with Gasteiger partial charge in [0.25, 0.3) is 0 Å². The lowest BCUT2D eigenvalue weighted by Crippen LogP contribution is -2.21. The van der Waals surface area contributed by atoms with Crippen LogP contribution < -0.4 is 5.32 Å². The van der Waals surface area contributed by atoms with E-state index in [0.29, 0.717) is 5.37 Å². The highest BCUT2D eigenvalue weighted by molar-refractivity contribution is 8.12. The number of thioether (sulfide) groups is 1. The molecule has 7 heavy (non-hydrogen) atoms. The fourth-order valence-electron chi connectivity index (χ4n) is 0.458. The van der Waals surface area contributed by atoms with Crippen LogP contribution in [0.5, 0.6) is 0 Å². The maximum absolute atomic E-state index is 4.01. The average Bonchev–Trinajstić information content (AvgIpc) is 2.14. The number of likely N-dealkylation sites (N-methyl/N-ethyl adjacent to an activating group) is 1. The van der Waals surface area contributed by atoms with Crippen LogP contribution in [-0.4, -0.2) is 24.5 Å². The highest BCUT2D eigenvalue weighted by Crippen LogP contribution is 2.09. The SMILES string of the molecule is CNC1CN=CS1. The van der Waals surface area contributed by atoms with Crippen LogP contribution in [0.25, 0.3) is 0 Å². The lowest BCUT2D eigenvalue weighted by atomic mass is 10.6. The molecule has 2 nitrogen and oxygen atoms in total. The molecule has 0 aromatic heterocycles. The van der Waals surface area contributed by atoms with Gasteiger partial charge in [-0.3, -0.25) is 4.99 Å². The third kappa shape index (κ3) is 1.17. The van der Waals surface area contributed by atoms with Crippen molar-refractivity contribution in [3.63, 3.8) is 0 Å². The Bertz CT molecular complexity index is 73.8. The molecule has 0 saturated carbocycles. The third-order valence-electron chi connectivity index (χ3n) is 0.893. The Morgan fingerprint density at radius 3 is 3.14 bits per heavy atom. The van der Waals surface area contributed by atoms with Crippen LogP contribution in [0.1, 0.15) is 0 Å². The van der Waals surface area contributed by atoms with Crippen molar-refractivity contribution in [2.24, 2.45) is 4.99 Å². The van der Waals surface area contributed by atoms with Gasteiger partial charge in [0.1, 0.15) is 0 Å². The van der Waals surface area contributed by atoms with E-state index >= 15 is 0 Å². The highest BCUT2D eigenvalue weighted by Gasteiger charge is 2.06. The molecular formula is C4H8N2S. The summed E-state index contributed by atoms with van der Waals surface area (Å²) >= 11 is 1.74. The number of nitrogens with zero attached hydrogens (tertiary/aromatic N) is 1. The molecule has 0 amide bonds. The van der Waals surface area contributed by atoms with Gasteiger partial charge in [-0.25, -0.2) is 0 Å². The maximum Gasteiger partial charge on any atom is 0.0784 e. The summed E-state index contributed by atoms with van der Waals surface area (Å²) in [7, 11) is 1.95. The van der Waals surface area contributed by atoms with E-state index in [1.54, 1.807) is 11.8 Å². The number of aliphatic imine (C=N–C) groups is 1. The van der Waals surface area contributed by atoms with E-state index in [2.05, 4.69) is 10.3 Å². The Labute approximate surface area is 47.4 Å². The minimum absolute atomic E-state index is 0.542. The molecule has 0 saturated heterocycles. The van der Waals surface area contributed by atoms with Crippen molar-refractivity contribution in [2.45, 2.75) is 5.37 Å². The summed E-state index contributed by atoms with van der Waals surface area (Å²) < 4.78 is 0. The molecule has 0 aliphatic carbocycles. The van der Waals surface area contributed by atoms with Crippen LogP contribution in [0, 0.1) is 0 Å². The number of nitrogens with one attached hydrogen (secondary N) is 1.